The lowest BCUT2D eigenvalue weighted by molar-refractivity contribution is -0.385. The molecular formula is C23H23N3O5S. The van der Waals surface area contributed by atoms with E-state index >= 15 is 0 Å². The first-order valence-electron chi connectivity index (χ1n) is 10.3. The Balaban J connectivity index is 1.53. The normalized spacial score (nSPS) is 17.2. The van der Waals surface area contributed by atoms with E-state index in [4.69, 9.17) is 0 Å². The highest BCUT2D eigenvalue weighted by Gasteiger charge is 2.33. The monoisotopic (exact) mass is 453 g/mol. The number of carbonyl (C=O) groups excluding carboxylic acids is 1. The van der Waals surface area contributed by atoms with Gasteiger partial charge in [-0.25, -0.2) is 8.42 Å². The second-order valence-electron chi connectivity index (χ2n) is 7.91. The number of nitrogens with zero attached hydrogens (tertiary/aromatic N) is 2. The van der Waals surface area contributed by atoms with Crippen molar-refractivity contribution in [3.63, 3.8) is 0 Å². The summed E-state index contributed by atoms with van der Waals surface area (Å²) in [5.41, 5.74) is 0.646. The number of fused-ring (bicyclic) bond motifs is 1. The molecule has 166 valence electrons. The van der Waals surface area contributed by atoms with Crippen molar-refractivity contribution in [2.45, 2.75) is 24.7 Å². The number of nitro benzene ring substituents is 1. The van der Waals surface area contributed by atoms with E-state index in [1.165, 1.54) is 16.4 Å². The summed E-state index contributed by atoms with van der Waals surface area (Å²) >= 11 is 0. The average Bonchev–Trinajstić information content (AvgIpc) is 2.80. The van der Waals surface area contributed by atoms with E-state index in [2.05, 4.69) is 5.32 Å². The van der Waals surface area contributed by atoms with E-state index in [1.54, 1.807) is 31.2 Å². The predicted molar refractivity (Wildman–Crippen MR) is 122 cm³/mol. The van der Waals surface area contributed by atoms with Gasteiger partial charge in [0.15, 0.2) is 0 Å². The van der Waals surface area contributed by atoms with Crippen LogP contribution in [-0.4, -0.2) is 36.6 Å². The molecule has 1 atom stereocenters. The summed E-state index contributed by atoms with van der Waals surface area (Å²) in [7, 11) is -3.75. The summed E-state index contributed by atoms with van der Waals surface area (Å²) < 4.78 is 27.9. The lowest BCUT2D eigenvalue weighted by Crippen LogP contribution is -2.43. The van der Waals surface area contributed by atoms with Gasteiger partial charge in [-0.2, -0.15) is 4.31 Å². The van der Waals surface area contributed by atoms with Crippen LogP contribution in [0.4, 0.5) is 11.4 Å². The number of rotatable bonds is 5. The van der Waals surface area contributed by atoms with E-state index in [-0.39, 0.29) is 23.0 Å². The van der Waals surface area contributed by atoms with E-state index < -0.39 is 20.9 Å². The zero-order chi connectivity index (χ0) is 22.9. The van der Waals surface area contributed by atoms with Crippen LogP contribution in [0, 0.1) is 23.0 Å². The van der Waals surface area contributed by atoms with Gasteiger partial charge in [0.1, 0.15) is 0 Å². The first kappa shape index (κ1) is 21.9. The number of amides is 1. The fourth-order valence-corrected chi connectivity index (χ4v) is 5.60. The second-order valence-corrected chi connectivity index (χ2v) is 9.85. The van der Waals surface area contributed by atoms with Gasteiger partial charge in [-0.3, -0.25) is 14.9 Å². The SMILES string of the molecule is Cc1c(NC(=O)[C@H]2CCCN(S(=O)(=O)c3ccc4ccccc4c3)C2)cccc1[N+](=O)[O-]. The molecule has 0 bridgehead atoms. The number of nitro groups is 1. The molecule has 0 radical (unpaired) electrons. The molecule has 0 spiro atoms. The maximum Gasteiger partial charge on any atom is 0.274 e. The van der Waals surface area contributed by atoms with Crippen LogP contribution in [0.1, 0.15) is 18.4 Å². The van der Waals surface area contributed by atoms with Gasteiger partial charge in [-0.05, 0) is 48.7 Å². The summed E-state index contributed by atoms with van der Waals surface area (Å²) in [5, 5.41) is 15.7. The van der Waals surface area contributed by atoms with Crippen molar-refractivity contribution in [1.82, 2.24) is 4.31 Å². The highest BCUT2D eigenvalue weighted by molar-refractivity contribution is 7.89. The van der Waals surface area contributed by atoms with E-state index in [0.29, 0.717) is 30.6 Å². The van der Waals surface area contributed by atoms with Crippen molar-refractivity contribution < 1.29 is 18.1 Å². The number of carbonyl (C=O) groups is 1. The molecule has 9 heteroatoms. The van der Waals surface area contributed by atoms with E-state index in [1.807, 2.05) is 24.3 Å². The molecular weight excluding hydrogens is 430 g/mol. The zero-order valence-corrected chi connectivity index (χ0v) is 18.3. The molecule has 1 fully saturated rings. The minimum atomic E-state index is -3.75. The molecule has 1 aliphatic heterocycles. The third-order valence-corrected chi connectivity index (χ3v) is 7.73. The number of hydrogen-bond donors (Lipinski definition) is 1. The van der Waals surface area contributed by atoms with Crippen molar-refractivity contribution in [3.8, 4) is 0 Å². The second kappa shape index (κ2) is 8.68. The van der Waals surface area contributed by atoms with Gasteiger partial charge in [-0.15, -0.1) is 0 Å². The molecule has 1 aliphatic rings. The number of piperidine rings is 1. The summed E-state index contributed by atoms with van der Waals surface area (Å²) in [6.07, 6.45) is 1.10. The molecule has 0 unspecified atom stereocenters. The van der Waals surface area contributed by atoms with Crippen LogP contribution >= 0.6 is 0 Å². The Morgan fingerprint density at radius 1 is 1.09 bits per heavy atom. The zero-order valence-electron chi connectivity index (χ0n) is 17.5. The maximum absolute atomic E-state index is 13.3. The molecule has 1 amide bonds. The van der Waals surface area contributed by atoms with Crippen LogP contribution in [0.3, 0.4) is 0 Å². The van der Waals surface area contributed by atoms with Crippen molar-refractivity contribution in [1.29, 1.82) is 0 Å². The van der Waals surface area contributed by atoms with Gasteiger partial charge < -0.3 is 5.32 Å². The first-order valence-corrected chi connectivity index (χ1v) is 11.8. The minimum absolute atomic E-state index is 0.0645. The molecule has 4 rings (SSSR count). The largest absolute Gasteiger partial charge is 0.325 e. The van der Waals surface area contributed by atoms with Crippen LogP contribution in [0.2, 0.25) is 0 Å². The predicted octanol–water partition coefficient (Wildman–Crippen LogP) is 4.10. The Labute approximate surface area is 186 Å². The lowest BCUT2D eigenvalue weighted by atomic mass is 9.98. The van der Waals surface area contributed by atoms with Crippen LogP contribution in [-0.2, 0) is 14.8 Å². The smallest absolute Gasteiger partial charge is 0.274 e. The van der Waals surface area contributed by atoms with Crippen molar-refractivity contribution in [2.75, 3.05) is 18.4 Å². The topological polar surface area (TPSA) is 110 Å². The lowest BCUT2D eigenvalue weighted by Gasteiger charge is -2.31. The van der Waals surface area contributed by atoms with Crippen LogP contribution in [0.5, 0.6) is 0 Å². The highest BCUT2D eigenvalue weighted by Crippen LogP contribution is 2.29. The van der Waals surface area contributed by atoms with Gasteiger partial charge in [0.05, 0.1) is 27.0 Å². The summed E-state index contributed by atoms with van der Waals surface area (Å²) in [6.45, 7) is 1.98. The molecule has 3 aromatic rings. The number of benzene rings is 3. The Kier molecular flexibility index (Phi) is 5.94. The Hall–Kier alpha value is -3.30. The number of hydrogen-bond acceptors (Lipinski definition) is 5. The quantitative estimate of drug-likeness (QED) is 0.462. The maximum atomic E-state index is 13.3. The fourth-order valence-electron chi connectivity index (χ4n) is 4.04. The number of anilines is 1. The molecule has 8 nitrogen and oxygen atoms in total. The van der Waals surface area contributed by atoms with Crippen molar-refractivity contribution >= 4 is 38.1 Å². The molecule has 1 heterocycles. The van der Waals surface area contributed by atoms with Gasteiger partial charge in [0.2, 0.25) is 15.9 Å². The van der Waals surface area contributed by atoms with Gasteiger partial charge in [0.25, 0.3) is 5.69 Å². The standard InChI is InChI=1S/C23H23N3O5S/c1-16-21(9-4-10-22(16)26(28)29)24-23(27)19-8-5-13-25(15-19)32(30,31)20-12-11-17-6-2-3-7-18(17)14-20/h2-4,6-7,9-12,14,19H,5,8,13,15H2,1H3,(H,24,27)/t19-/m0/s1. The Bertz CT molecular complexity index is 1310. The Morgan fingerprint density at radius 3 is 2.59 bits per heavy atom. The van der Waals surface area contributed by atoms with E-state index in [0.717, 1.165) is 10.8 Å². The molecule has 1 saturated heterocycles. The molecule has 32 heavy (non-hydrogen) atoms. The molecule has 3 aromatic carbocycles. The van der Waals surface area contributed by atoms with Gasteiger partial charge >= 0.3 is 0 Å². The van der Waals surface area contributed by atoms with Crippen molar-refractivity contribution in [2.24, 2.45) is 5.92 Å². The fraction of sp³-hybridized carbons (Fsp3) is 0.261. The minimum Gasteiger partial charge on any atom is -0.325 e. The molecule has 0 saturated carbocycles. The van der Waals surface area contributed by atoms with Gasteiger partial charge in [0, 0.05) is 19.2 Å². The summed E-state index contributed by atoms with van der Waals surface area (Å²) in [4.78, 5) is 23.7. The third-order valence-electron chi connectivity index (χ3n) is 5.87. The highest BCUT2D eigenvalue weighted by atomic mass is 32.2. The van der Waals surface area contributed by atoms with Gasteiger partial charge in [-0.1, -0.05) is 36.4 Å². The Morgan fingerprint density at radius 2 is 1.84 bits per heavy atom. The molecule has 1 N–H and O–H groups in total. The number of nitrogens with one attached hydrogen (secondary N) is 1. The third kappa shape index (κ3) is 4.21. The summed E-state index contributed by atoms with van der Waals surface area (Å²) in [5.74, 6) is -0.885. The average molecular weight is 454 g/mol. The van der Waals surface area contributed by atoms with Crippen LogP contribution in [0.25, 0.3) is 10.8 Å². The van der Waals surface area contributed by atoms with Crippen LogP contribution < -0.4 is 5.32 Å². The summed E-state index contributed by atoms with van der Waals surface area (Å²) in [6, 6.07) is 17.1. The number of sulfonamides is 1. The van der Waals surface area contributed by atoms with Crippen LogP contribution in [0.15, 0.2) is 65.6 Å². The van der Waals surface area contributed by atoms with Crippen molar-refractivity contribution in [3.05, 3.63) is 76.3 Å². The molecule has 0 aliphatic carbocycles. The first-order chi connectivity index (χ1) is 15.3. The molecule has 0 aromatic heterocycles. The van der Waals surface area contributed by atoms with E-state index in [9.17, 15) is 23.3 Å².